The minimum atomic E-state index is -0.299. The van der Waals surface area contributed by atoms with Gasteiger partial charge in [-0.2, -0.15) is 0 Å². The molecule has 0 atom stereocenters. The first-order valence-corrected chi connectivity index (χ1v) is 8.14. The summed E-state index contributed by atoms with van der Waals surface area (Å²) in [5.41, 5.74) is 3.51. The number of aromatic nitrogens is 2. The number of oxazole rings is 1. The number of hydrogen-bond acceptors (Lipinski definition) is 4. The zero-order valence-corrected chi connectivity index (χ0v) is 13.8. The number of rotatable bonds is 4. The second-order valence-corrected chi connectivity index (χ2v) is 5.64. The molecule has 0 radical (unpaired) electrons. The summed E-state index contributed by atoms with van der Waals surface area (Å²) in [6.07, 6.45) is 4.64. The molecule has 0 saturated heterocycles. The number of carbonyl (C=O) groups is 1. The number of nitrogens with one attached hydrogen (secondary N) is 1. The zero-order chi connectivity index (χ0) is 17.8. The Bertz CT molecular complexity index is 1030. The van der Waals surface area contributed by atoms with E-state index in [1.807, 2.05) is 60.7 Å². The Morgan fingerprint density at radius 3 is 2.50 bits per heavy atom. The maximum Gasteiger partial charge on any atom is 0.249 e. The number of amides is 1. The molecule has 1 N–H and O–H groups in total. The van der Waals surface area contributed by atoms with Gasteiger partial charge in [-0.05, 0) is 29.8 Å². The number of nitrogens with zero attached hydrogens (tertiary/aromatic N) is 2. The number of para-hydroxylation sites is 2. The van der Waals surface area contributed by atoms with Crippen LogP contribution in [0.5, 0.6) is 0 Å². The van der Waals surface area contributed by atoms with Gasteiger partial charge in [0, 0.05) is 23.9 Å². The van der Waals surface area contributed by atoms with Crippen LogP contribution in [0.3, 0.4) is 0 Å². The molecule has 5 nitrogen and oxygen atoms in total. The standard InChI is InChI=1S/C21H15N3O2/c25-20(12-13-21-23-17-8-4-5-9-18(17)26-21)24-19-11-10-16(14-22-19)15-6-2-1-3-7-15/h1-14H,(H,22,24,25). The predicted molar refractivity (Wildman–Crippen MR) is 101 cm³/mol. The van der Waals surface area contributed by atoms with Crippen LogP contribution in [0.2, 0.25) is 0 Å². The highest BCUT2D eigenvalue weighted by Gasteiger charge is 2.04. The van der Waals surface area contributed by atoms with Crippen molar-refractivity contribution in [2.24, 2.45) is 0 Å². The lowest BCUT2D eigenvalue weighted by Crippen LogP contribution is -2.08. The van der Waals surface area contributed by atoms with E-state index in [9.17, 15) is 4.79 Å². The molecule has 126 valence electrons. The molecule has 1 amide bonds. The summed E-state index contributed by atoms with van der Waals surface area (Å²) in [6.45, 7) is 0. The highest BCUT2D eigenvalue weighted by Crippen LogP contribution is 2.19. The van der Waals surface area contributed by atoms with Gasteiger partial charge < -0.3 is 9.73 Å². The minimum Gasteiger partial charge on any atom is -0.437 e. The smallest absolute Gasteiger partial charge is 0.249 e. The van der Waals surface area contributed by atoms with E-state index in [2.05, 4.69) is 15.3 Å². The third kappa shape index (κ3) is 3.52. The van der Waals surface area contributed by atoms with Crippen molar-refractivity contribution in [3.8, 4) is 11.1 Å². The molecular weight excluding hydrogens is 326 g/mol. The normalized spacial score (nSPS) is 11.1. The fourth-order valence-corrected chi connectivity index (χ4v) is 2.55. The average Bonchev–Trinajstić information content (AvgIpc) is 3.11. The first kappa shape index (κ1) is 15.8. The lowest BCUT2D eigenvalue weighted by atomic mass is 10.1. The quantitative estimate of drug-likeness (QED) is 0.553. The summed E-state index contributed by atoms with van der Waals surface area (Å²) in [4.78, 5) is 20.6. The Balaban J connectivity index is 1.43. The molecule has 0 fully saturated rings. The van der Waals surface area contributed by atoms with Gasteiger partial charge in [0.15, 0.2) is 5.58 Å². The SMILES string of the molecule is O=C(C=Cc1nc2ccccc2o1)Nc1ccc(-c2ccccc2)cn1. The largest absolute Gasteiger partial charge is 0.437 e. The Hall–Kier alpha value is -3.73. The van der Waals surface area contributed by atoms with Crippen LogP contribution in [0.4, 0.5) is 5.82 Å². The lowest BCUT2D eigenvalue weighted by Gasteiger charge is -2.04. The number of carbonyl (C=O) groups excluding carboxylic acids is 1. The minimum absolute atomic E-state index is 0.299. The summed E-state index contributed by atoms with van der Waals surface area (Å²) in [5.74, 6) is 0.567. The first-order chi connectivity index (χ1) is 12.8. The molecule has 26 heavy (non-hydrogen) atoms. The highest BCUT2D eigenvalue weighted by atomic mass is 16.3. The van der Waals surface area contributed by atoms with E-state index in [-0.39, 0.29) is 5.91 Å². The number of anilines is 1. The fourth-order valence-electron chi connectivity index (χ4n) is 2.55. The molecule has 4 rings (SSSR count). The van der Waals surface area contributed by atoms with Crippen LogP contribution in [-0.2, 0) is 4.79 Å². The third-order valence-corrected chi connectivity index (χ3v) is 3.81. The average molecular weight is 341 g/mol. The number of pyridine rings is 1. The lowest BCUT2D eigenvalue weighted by molar-refractivity contribution is -0.111. The van der Waals surface area contributed by atoms with E-state index in [4.69, 9.17) is 4.42 Å². The second-order valence-electron chi connectivity index (χ2n) is 5.64. The molecule has 0 aliphatic rings. The summed E-state index contributed by atoms with van der Waals surface area (Å²) in [6, 6.07) is 21.1. The van der Waals surface area contributed by atoms with E-state index >= 15 is 0 Å². The van der Waals surface area contributed by atoms with Gasteiger partial charge in [0.1, 0.15) is 11.3 Å². The second kappa shape index (κ2) is 7.03. The zero-order valence-electron chi connectivity index (χ0n) is 13.8. The van der Waals surface area contributed by atoms with E-state index in [1.165, 1.54) is 12.2 Å². The van der Waals surface area contributed by atoms with Crippen molar-refractivity contribution in [2.75, 3.05) is 5.32 Å². The van der Waals surface area contributed by atoms with Crippen LogP contribution in [-0.4, -0.2) is 15.9 Å². The van der Waals surface area contributed by atoms with Gasteiger partial charge in [0.05, 0.1) is 0 Å². The molecule has 5 heteroatoms. The Morgan fingerprint density at radius 2 is 1.73 bits per heavy atom. The van der Waals surface area contributed by atoms with Gasteiger partial charge in [-0.1, -0.05) is 42.5 Å². The van der Waals surface area contributed by atoms with Gasteiger partial charge in [-0.25, -0.2) is 9.97 Å². The third-order valence-electron chi connectivity index (χ3n) is 3.81. The van der Waals surface area contributed by atoms with E-state index in [0.717, 1.165) is 16.6 Å². The van der Waals surface area contributed by atoms with Gasteiger partial charge in [-0.3, -0.25) is 4.79 Å². The fraction of sp³-hybridized carbons (Fsp3) is 0. The topological polar surface area (TPSA) is 68.0 Å². The molecule has 0 saturated carbocycles. The van der Waals surface area contributed by atoms with Crippen LogP contribution in [0.15, 0.2) is 83.4 Å². The van der Waals surface area contributed by atoms with Gasteiger partial charge >= 0.3 is 0 Å². The van der Waals surface area contributed by atoms with Crippen LogP contribution in [0, 0.1) is 0 Å². The monoisotopic (exact) mass is 341 g/mol. The molecule has 2 aromatic carbocycles. The predicted octanol–water partition coefficient (Wildman–Crippen LogP) is 4.54. The van der Waals surface area contributed by atoms with Crippen molar-refractivity contribution in [1.29, 1.82) is 0 Å². The van der Waals surface area contributed by atoms with Gasteiger partial charge in [0.25, 0.3) is 0 Å². The molecular formula is C21H15N3O2. The van der Waals surface area contributed by atoms with Crippen molar-refractivity contribution in [3.05, 3.63) is 84.9 Å². The van der Waals surface area contributed by atoms with Crippen molar-refractivity contribution in [1.82, 2.24) is 9.97 Å². The maximum atomic E-state index is 12.0. The van der Waals surface area contributed by atoms with Gasteiger partial charge in [0.2, 0.25) is 11.8 Å². The summed E-state index contributed by atoms with van der Waals surface area (Å²) >= 11 is 0. The van der Waals surface area contributed by atoms with E-state index < -0.39 is 0 Å². The van der Waals surface area contributed by atoms with Crippen molar-refractivity contribution >= 4 is 28.9 Å². The number of hydrogen-bond donors (Lipinski definition) is 1. The first-order valence-electron chi connectivity index (χ1n) is 8.14. The molecule has 0 unspecified atom stereocenters. The van der Waals surface area contributed by atoms with Crippen molar-refractivity contribution in [3.63, 3.8) is 0 Å². The summed E-state index contributed by atoms with van der Waals surface area (Å²) in [7, 11) is 0. The molecule has 0 spiro atoms. The van der Waals surface area contributed by atoms with Crippen LogP contribution in [0.25, 0.3) is 28.3 Å². The van der Waals surface area contributed by atoms with Crippen molar-refractivity contribution in [2.45, 2.75) is 0 Å². The molecule has 0 bridgehead atoms. The molecule has 2 heterocycles. The van der Waals surface area contributed by atoms with Crippen LogP contribution < -0.4 is 5.32 Å². The Labute approximate surface area is 150 Å². The van der Waals surface area contributed by atoms with E-state index in [0.29, 0.717) is 17.3 Å². The van der Waals surface area contributed by atoms with Crippen molar-refractivity contribution < 1.29 is 9.21 Å². The van der Waals surface area contributed by atoms with E-state index in [1.54, 1.807) is 12.3 Å². The summed E-state index contributed by atoms with van der Waals surface area (Å²) in [5, 5.41) is 2.72. The number of fused-ring (bicyclic) bond motifs is 1. The van der Waals surface area contributed by atoms with Gasteiger partial charge in [-0.15, -0.1) is 0 Å². The maximum absolute atomic E-state index is 12.0. The summed E-state index contributed by atoms with van der Waals surface area (Å²) < 4.78 is 5.54. The molecule has 4 aromatic rings. The molecule has 2 aromatic heterocycles. The van der Waals surface area contributed by atoms with Crippen LogP contribution in [0.1, 0.15) is 5.89 Å². The molecule has 0 aliphatic carbocycles. The Morgan fingerprint density at radius 1 is 0.923 bits per heavy atom. The highest BCUT2D eigenvalue weighted by molar-refractivity contribution is 6.01. The molecule has 0 aliphatic heterocycles. The van der Waals surface area contributed by atoms with Crippen LogP contribution >= 0.6 is 0 Å². The number of benzene rings is 2. The Kier molecular flexibility index (Phi) is 4.26.